The Bertz CT molecular complexity index is 743. The van der Waals surface area contributed by atoms with Crippen molar-refractivity contribution >= 4 is 17.0 Å². The summed E-state index contributed by atoms with van der Waals surface area (Å²) >= 11 is 0. The number of guanidine groups is 1. The third-order valence-corrected chi connectivity index (χ3v) is 4.87. The van der Waals surface area contributed by atoms with E-state index in [4.69, 9.17) is 14.5 Å². The molecule has 0 radical (unpaired) electrons. The average Bonchev–Trinajstić information content (AvgIpc) is 3.25. The summed E-state index contributed by atoms with van der Waals surface area (Å²) in [4.78, 5) is 11.5. The van der Waals surface area contributed by atoms with E-state index in [2.05, 4.69) is 32.9 Å². The number of ether oxygens (including phenoxy) is 2. The van der Waals surface area contributed by atoms with Gasteiger partial charge in [-0.3, -0.25) is 4.99 Å². The van der Waals surface area contributed by atoms with Gasteiger partial charge in [-0.05, 0) is 18.6 Å². The number of benzene rings is 1. The topological polar surface area (TPSA) is 63.9 Å². The smallest absolute Gasteiger partial charge is 0.194 e. The third kappa shape index (κ3) is 4.34. The van der Waals surface area contributed by atoms with E-state index in [1.54, 1.807) is 7.11 Å². The number of nitrogens with one attached hydrogen (secondary N) is 1. The van der Waals surface area contributed by atoms with E-state index in [9.17, 15) is 0 Å². The second-order valence-corrected chi connectivity index (χ2v) is 6.64. The first kappa shape index (κ1) is 18.7. The highest BCUT2D eigenvalue weighted by molar-refractivity contribution is 5.80. The summed E-state index contributed by atoms with van der Waals surface area (Å²) in [5, 5.41) is 3.46. The van der Waals surface area contributed by atoms with Crippen molar-refractivity contribution in [3.63, 3.8) is 0 Å². The standard InChI is InChI=1S/C19H29N5O2/c1-20-19(24-9-8-15(13-24)14-26-11-10-25-3)21-12-18-22-16-6-4-5-7-17(16)23(18)2/h4-7,15H,8-14H2,1-3H3,(H,20,21). The normalized spacial score (nSPS) is 18.0. The Morgan fingerprint density at radius 1 is 1.35 bits per heavy atom. The number of hydrogen-bond donors (Lipinski definition) is 1. The predicted molar refractivity (Wildman–Crippen MR) is 103 cm³/mol. The average molecular weight is 359 g/mol. The zero-order chi connectivity index (χ0) is 18.4. The molecule has 0 aliphatic carbocycles. The van der Waals surface area contributed by atoms with Gasteiger partial charge in [0.2, 0.25) is 0 Å². The molecule has 0 amide bonds. The minimum Gasteiger partial charge on any atom is -0.382 e. The molecule has 1 N–H and O–H groups in total. The van der Waals surface area contributed by atoms with Crippen LogP contribution < -0.4 is 5.32 Å². The molecule has 2 aromatic rings. The molecule has 3 rings (SSSR count). The zero-order valence-electron chi connectivity index (χ0n) is 15.9. The van der Waals surface area contributed by atoms with Crippen molar-refractivity contribution in [2.75, 3.05) is 47.1 Å². The SMILES string of the molecule is CN=C(NCc1nc2ccccc2n1C)N1CCC(COCCOC)C1. The van der Waals surface area contributed by atoms with Gasteiger partial charge in [-0.1, -0.05) is 12.1 Å². The Kier molecular flexibility index (Phi) is 6.46. The van der Waals surface area contributed by atoms with Gasteiger partial charge in [0.05, 0.1) is 37.4 Å². The van der Waals surface area contributed by atoms with Crippen LogP contribution in [0.2, 0.25) is 0 Å². The number of nitrogens with zero attached hydrogens (tertiary/aromatic N) is 4. The Hall–Kier alpha value is -2.12. The molecule has 1 saturated heterocycles. The number of aryl methyl sites for hydroxylation is 1. The van der Waals surface area contributed by atoms with Crippen LogP contribution in [0.15, 0.2) is 29.3 Å². The molecule has 1 fully saturated rings. The van der Waals surface area contributed by atoms with Crippen LogP contribution in [0.1, 0.15) is 12.2 Å². The number of para-hydroxylation sites is 2. The monoisotopic (exact) mass is 359 g/mol. The zero-order valence-corrected chi connectivity index (χ0v) is 15.9. The summed E-state index contributed by atoms with van der Waals surface area (Å²) in [6.45, 7) is 4.71. The first-order valence-corrected chi connectivity index (χ1v) is 9.15. The first-order chi connectivity index (χ1) is 12.7. The van der Waals surface area contributed by atoms with Crippen LogP contribution in [-0.4, -0.2) is 67.5 Å². The summed E-state index contributed by atoms with van der Waals surface area (Å²) in [6.07, 6.45) is 1.12. The van der Waals surface area contributed by atoms with Crippen molar-refractivity contribution in [1.29, 1.82) is 0 Å². The molecule has 2 heterocycles. The Morgan fingerprint density at radius 2 is 2.19 bits per heavy atom. The third-order valence-electron chi connectivity index (χ3n) is 4.87. The molecule has 1 unspecified atom stereocenters. The molecular weight excluding hydrogens is 330 g/mol. The minimum atomic E-state index is 0.543. The molecule has 0 saturated carbocycles. The highest BCUT2D eigenvalue weighted by Crippen LogP contribution is 2.17. The second-order valence-electron chi connectivity index (χ2n) is 6.64. The van der Waals surface area contributed by atoms with Crippen LogP contribution in [0.4, 0.5) is 0 Å². The maximum Gasteiger partial charge on any atom is 0.194 e. The maximum atomic E-state index is 5.67. The first-order valence-electron chi connectivity index (χ1n) is 9.15. The summed E-state index contributed by atoms with van der Waals surface area (Å²) in [5.74, 6) is 2.48. The van der Waals surface area contributed by atoms with Gasteiger partial charge < -0.3 is 24.3 Å². The molecule has 1 aromatic heterocycles. The highest BCUT2D eigenvalue weighted by Gasteiger charge is 2.25. The van der Waals surface area contributed by atoms with Crippen LogP contribution in [0, 0.1) is 5.92 Å². The fourth-order valence-corrected chi connectivity index (χ4v) is 3.40. The molecule has 1 aliphatic rings. The van der Waals surface area contributed by atoms with Crippen LogP contribution in [0.3, 0.4) is 0 Å². The lowest BCUT2D eigenvalue weighted by Crippen LogP contribution is -2.40. The number of likely N-dealkylation sites (tertiary alicyclic amines) is 1. The molecule has 0 bridgehead atoms. The molecule has 0 spiro atoms. The summed E-state index contributed by atoms with van der Waals surface area (Å²) in [6, 6.07) is 8.20. The number of hydrogen-bond acceptors (Lipinski definition) is 4. The lowest BCUT2D eigenvalue weighted by Gasteiger charge is -2.21. The molecule has 1 aromatic carbocycles. The van der Waals surface area contributed by atoms with Crippen molar-refractivity contribution in [2.45, 2.75) is 13.0 Å². The number of methoxy groups -OCH3 is 1. The van der Waals surface area contributed by atoms with Gasteiger partial charge in [0, 0.05) is 40.2 Å². The maximum absolute atomic E-state index is 5.67. The molecular formula is C19H29N5O2. The van der Waals surface area contributed by atoms with E-state index in [-0.39, 0.29) is 0 Å². The van der Waals surface area contributed by atoms with Crippen molar-refractivity contribution in [3.8, 4) is 0 Å². The number of rotatable bonds is 7. The fraction of sp³-hybridized carbons (Fsp3) is 0.579. The molecule has 7 heteroatoms. The van der Waals surface area contributed by atoms with E-state index in [1.165, 1.54) is 0 Å². The largest absolute Gasteiger partial charge is 0.382 e. The van der Waals surface area contributed by atoms with Crippen LogP contribution in [0.25, 0.3) is 11.0 Å². The van der Waals surface area contributed by atoms with Crippen molar-refractivity contribution < 1.29 is 9.47 Å². The van der Waals surface area contributed by atoms with Crippen molar-refractivity contribution in [1.82, 2.24) is 19.8 Å². The van der Waals surface area contributed by atoms with Crippen molar-refractivity contribution in [3.05, 3.63) is 30.1 Å². The second kappa shape index (κ2) is 9.00. The minimum absolute atomic E-state index is 0.543. The Morgan fingerprint density at radius 3 is 2.96 bits per heavy atom. The quantitative estimate of drug-likeness (QED) is 0.462. The number of fused-ring (bicyclic) bond motifs is 1. The van der Waals surface area contributed by atoms with E-state index < -0.39 is 0 Å². The van der Waals surface area contributed by atoms with Crippen molar-refractivity contribution in [2.24, 2.45) is 18.0 Å². The fourth-order valence-electron chi connectivity index (χ4n) is 3.40. The van der Waals surface area contributed by atoms with Gasteiger partial charge in [-0.2, -0.15) is 0 Å². The van der Waals surface area contributed by atoms with Gasteiger partial charge in [-0.25, -0.2) is 4.98 Å². The van der Waals surface area contributed by atoms with E-state index in [0.29, 0.717) is 25.7 Å². The van der Waals surface area contributed by atoms with Crippen LogP contribution in [-0.2, 0) is 23.1 Å². The summed E-state index contributed by atoms with van der Waals surface area (Å²) < 4.78 is 12.8. The van der Waals surface area contributed by atoms with E-state index in [0.717, 1.165) is 48.9 Å². The predicted octanol–water partition coefficient (Wildman–Crippen LogP) is 1.63. The lowest BCUT2D eigenvalue weighted by molar-refractivity contribution is 0.0536. The summed E-state index contributed by atoms with van der Waals surface area (Å²) in [7, 11) is 5.58. The van der Waals surface area contributed by atoms with Gasteiger partial charge in [0.15, 0.2) is 5.96 Å². The van der Waals surface area contributed by atoms with Crippen LogP contribution in [0.5, 0.6) is 0 Å². The van der Waals surface area contributed by atoms with Gasteiger partial charge >= 0.3 is 0 Å². The Balaban J connectivity index is 1.52. The van der Waals surface area contributed by atoms with Gasteiger partial charge in [0.1, 0.15) is 5.82 Å². The van der Waals surface area contributed by atoms with Gasteiger partial charge in [0.25, 0.3) is 0 Å². The molecule has 7 nitrogen and oxygen atoms in total. The van der Waals surface area contributed by atoms with Gasteiger partial charge in [-0.15, -0.1) is 0 Å². The molecule has 142 valence electrons. The highest BCUT2D eigenvalue weighted by atomic mass is 16.5. The van der Waals surface area contributed by atoms with E-state index in [1.807, 2.05) is 25.2 Å². The Labute approximate surface area is 155 Å². The van der Waals surface area contributed by atoms with Crippen LogP contribution >= 0.6 is 0 Å². The molecule has 1 aliphatic heterocycles. The molecule has 1 atom stereocenters. The number of aromatic nitrogens is 2. The molecule has 26 heavy (non-hydrogen) atoms. The summed E-state index contributed by atoms with van der Waals surface area (Å²) in [5.41, 5.74) is 2.17. The number of imidazole rings is 1. The lowest BCUT2D eigenvalue weighted by atomic mass is 10.1. The van der Waals surface area contributed by atoms with E-state index >= 15 is 0 Å². The number of aliphatic imine (C=N–C) groups is 1.